The molecule has 0 unspecified atom stereocenters. The molecule has 0 fully saturated rings. The molecule has 1 N–H and O–H groups in total. The minimum absolute atomic E-state index is 0.540. The summed E-state index contributed by atoms with van der Waals surface area (Å²) in [6.45, 7) is 0. The largest absolute Gasteiger partial charge is 0.268 e. The first-order chi connectivity index (χ1) is 9.66. The lowest BCUT2D eigenvalue weighted by molar-refractivity contribution is 1.04. The van der Waals surface area contributed by atoms with Gasteiger partial charge in [0.25, 0.3) is 0 Å². The highest BCUT2D eigenvalue weighted by molar-refractivity contribution is 9.10. The van der Waals surface area contributed by atoms with Crippen molar-refractivity contribution in [2.24, 2.45) is 0 Å². The first-order valence-corrected chi connectivity index (χ1v) is 7.43. The van der Waals surface area contributed by atoms with Crippen molar-refractivity contribution in [3.63, 3.8) is 0 Å². The highest BCUT2D eigenvalue weighted by Gasteiger charge is 2.13. The summed E-state index contributed by atoms with van der Waals surface area (Å²) in [5, 5.41) is 7.80. The summed E-state index contributed by atoms with van der Waals surface area (Å²) in [5.41, 5.74) is 1.84. The van der Waals surface area contributed by atoms with E-state index in [1.54, 1.807) is 0 Å². The van der Waals surface area contributed by atoms with E-state index in [0.29, 0.717) is 9.79 Å². The Labute approximate surface area is 134 Å². The number of aromatic nitrogens is 3. The molecule has 1 heterocycles. The van der Waals surface area contributed by atoms with Crippen molar-refractivity contribution in [1.29, 1.82) is 0 Å². The highest BCUT2D eigenvalue weighted by atomic mass is 79.9. The van der Waals surface area contributed by atoms with E-state index in [9.17, 15) is 0 Å². The third-order valence-corrected chi connectivity index (χ3v) is 4.06. The number of hydrogen-bond acceptors (Lipinski definition) is 2. The van der Waals surface area contributed by atoms with E-state index in [1.165, 1.54) is 0 Å². The van der Waals surface area contributed by atoms with E-state index in [2.05, 4.69) is 26.1 Å². The van der Waals surface area contributed by atoms with Crippen LogP contribution in [0.25, 0.3) is 17.1 Å². The fourth-order valence-corrected chi connectivity index (χ4v) is 2.80. The zero-order chi connectivity index (χ0) is 14.1. The number of para-hydroxylation sites is 1. The van der Waals surface area contributed by atoms with Gasteiger partial charge in [0.05, 0.1) is 0 Å². The molecule has 3 nitrogen and oxygen atoms in total. The Kier molecular flexibility index (Phi) is 3.74. The van der Waals surface area contributed by atoms with Crippen molar-refractivity contribution in [2.75, 3.05) is 0 Å². The van der Waals surface area contributed by atoms with Crippen LogP contribution in [0.1, 0.15) is 0 Å². The number of hydrogen-bond donors (Lipinski definition) is 1. The summed E-state index contributed by atoms with van der Waals surface area (Å²) in [7, 11) is 0. The van der Waals surface area contributed by atoms with Gasteiger partial charge in [-0.2, -0.15) is 5.10 Å². The molecule has 3 aromatic rings. The number of benzene rings is 2. The van der Waals surface area contributed by atoms with Crippen molar-refractivity contribution >= 4 is 39.7 Å². The second-order valence-corrected chi connectivity index (χ2v) is 5.82. The third kappa shape index (κ3) is 2.44. The zero-order valence-corrected chi connectivity index (χ0v) is 13.3. The predicted molar refractivity (Wildman–Crippen MR) is 86.9 cm³/mol. The molecule has 0 bridgehead atoms. The molecule has 1 aromatic heterocycles. The average molecular weight is 367 g/mol. The van der Waals surface area contributed by atoms with Crippen LogP contribution in [0.5, 0.6) is 0 Å². The summed E-state index contributed by atoms with van der Waals surface area (Å²) in [6.07, 6.45) is 0. The molecular weight excluding hydrogens is 358 g/mol. The van der Waals surface area contributed by atoms with E-state index in [1.807, 2.05) is 53.1 Å². The second kappa shape index (κ2) is 5.52. The standard InChI is InChI=1S/C14H9BrClN3S/c15-12-7-6-9(16)8-11(12)13-17-18-14(20)19(13)10-4-2-1-3-5-10/h1-8H,(H,18,20). The number of nitrogens with zero attached hydrogens (tertiary/aromatic N) is 2. The Morgan fingerprint density at radius 3 is 2.65 bits per heavy atom. The van der Waals surface area contributed by atoms with Crippen molar-refractivity contribution in [3.05, 3.63) is 62.8 Å². The molecule has 2 aromatic carbocycles. The van der Waals surface area contributed by atoms with Gasteiger partial charge < -0.3 is 0 Å². The first-order valence-electron chi connectivity index (χ1n) is 5.85. The summed E-state index contributed by atoms with van der Waals surface area (Å²) in [4.78, 5) is 0. The molecule has 0 aliphatic carbocycles. The van der Waals surface area contributed by atoms with Gasteiger partial charge in [0.2, 0.25) is 0 Å². The normalized spacial score (nSPS) is 10.7. The smallest absolute Gasteiger partial charge is 0.200 e. The Morgan fingerprint density at radius 1 is 1.15 bits per heavy atom. The average Bonchev–Trinajstić information content (AvgIpc) is 2.84. The number of H-pyrrole nitrogens is 1. The SMILES string of the molecule is S=c1[nH]nc(-c2cc(Cl)ccc2Br)n1-c1ccccc1. The highest BCUT2D eigenvalue weighted by Crippen LogP contribution is 2.31. The Bertz CT molecular complexity index is 811. The first kappa shape index (κ1) is 13.5. The lowest BCUT2D eigenvalue weighted by atomic mass is 10.2. The van der Waals surface area contributed by atoms with Crippen LogP contribution >= 0.6 is 39.7 Å². The fourth-order valence-electron chi connectivity index (χ4n) is 1.96. The molecule has 0 aliphatic rings. The van der Waals surface area contributed by atoms with Crippen molar-refractivity contribution in [3.8, 4) is 17.1 Å². The lowest BCUT2D eigenvalue weighted by Gasteiger charge is -2.08. The van der Waals surface area contributed by atoms with E-state index in [4.69, 9.17) is 23.8 Å². The summed E-state index contributed by atoms with van der Waals surface area (Å²) < 4.78 is 3.33. The monoisotopic (exact) mass is 365 g/mol. The van der Waals surface area contributed by atoms with Crippen molar-refractivity contribution < 1.29 is 0 Å². The Hall–Kier alpha value is -1.43. The van der Waals surface area contributed by atoms with Crippen molar-refractivity contribution in [1.82, 2.24) is 14.8 Å². The van der Waals surface area contributed by atoms with Gasteiger partial charge in [-0.3, -0.25) is 9.67 Å². The number of halogens is 2. The lowest BCUT2D eigenvalue weighted by Crippen LogP contribution is -1.97. The van der Waals surface area contributed by atoms with Crippen LogP contribution in [0.15, 0.2) is 53.0 Å². The summed E-state index contributed by atoms with van der Waals surface area (Å²) in [5.74, 6) is 0.718. The molecule has 0 aliphatic heterocycles. The molecule has 20 heavy (non-hydrogen) atoms. The van der Waals surface area contributed by atoms with E-state index >= 15 is 0 Å². The molecule has 0 radical (unpaired) electrons. The van der Waals surface area contributed by atoms with Gasteiger partial charge >= 0.3 is 0 Å². The topological polar surface area (TPSA) is 33.6 Å². The van der Waals surface area contributed by atoms with Crippen LogP contribution in [-0.4, -0.2) is 14.8 Å². The maximum Gasteiger partial charge on any atom is 0.200 e. The second-order valence-electron chi connectivity index (χ2n) is 4.15. The van der Waals surface area contributed by atoms with Crippen LogP contribution in [0.4, 0.5) is 0 Å². The predicted octanol–water partition coefficient (Wildman–Crippen LogP) is 5.01. The van der Waals surface area contributed by atoms with Gasteiger partial charge in [-0.1, -0.05) is 45.7 Å². The van der Waals surface area contributed by atoms with E-state index in [0.717, 1.165) is 21.5 Å². The molecule has 100 valence electrons. The molecule has 0 spiro atoms. The maximum atomic E-state index is 6.08. The number of rotatable bonds is 2. The van der Waals surface area contributed by atoms with Crippen LogP contribution in [-0.2, 0) is 0 Å². The minimum atomic E-state index is 0.540. The van der Waals surface area contributed by atoms with E-state index < -0.39 is 0 Å². The summed E-state index contributed by atoms with van der Waals surface area (Å²) in [6, 6.07) is 15.4. The van der Waals surface area contributed by atoms with Crippen LogP contribution in [0, 0.1) is 4.77 Å². The third-order valence-electron chi connectivity index (χ3n) is 2.86. The van der Waals surface area contributed by atoms with Gasteiger partial charge in [-0.25, -0.2) is 0 Å². The molecule has 0 atom stereocenters. The van der Waals surface area contributed by atoms with Crippen LogP contribution in [0.2, 0.25) is 5.02 Å². The molecular formula is C14H9BrClN3S. The van der Waals surface area contributed by atoms with Gasteiger partial charge in [0.1, 0.15) is 0 Å². The van der Waals surface area contributed by atoms with E-state index in [-0.39, 0.29) is 0 Å². The maximum absolute atomic E-state index is 6.08. The van der Waals surface area contributed by atoms with Gasteiger partial charge in [-0.05, 0) is 42.5 Å². The zero-order valence-electron chi connectivity index (χ0n) is 10.2. The van der Waals surface area contributed by atoms with Crippen LogP contribution < -0.4 is 0 Å². The minimum Gasteiger partial charge on any atom is -0.268 e. The molecule has 0 saturated heterocycles. The van der Waals surface area contributed by atoms with Crippen LogP contribution in [0.3, 0.4) is 0 Å². The number of aromatic amines is 1. The Morgan fingerprint density at radius 2 is 1.90 bits per heavy atom. The molecule has 0 amide bonds. The fraction of sp³-hybridized carbons (Fsp3) is 0. The van der Waals surface area contributed by atoms with Gasteiger partial charge in [-0.15, -0.1) is 0 Å². The summed E-state index contributed by atoms with van der Waals surface area (Å²) >= 11 is 14.9. The van der Waals surface area contributed by atoms with Gasteiger partial charge in [0, 0.05) is 20.7 Å². The van der Waals surface area contributed by atoms with Gasteiger partial charge in [0.15, 0.2) is 10.6 Å². The number of nitrogens with one attached hydrogen (secondary N) is 1. The quantitative estimate of drug-likeness (QED) is 0.647. The van der Waals surface area contributed by atoms with Crippen molar-refractivity contribution in [2.45, 2.75) is 0 Å². The molecule has 0 saturated carbocycles. The molecule has 6 heteroatoms. The molecule has 3 rings (SSSR count). The Balaban J connectivity index is 2.27.